The molecule has 3 aromatic rings. The molecule has 0 aliphatic heterocycles. The number of hydrogen-bond acceptors (Lipinski definition) is 4. The summed E-state index contributed by atoms with van der Waals surface area (Å²) in [5.41, 5.74) is 1.90. The van der Waals surface area contributed by atoms with E-state index in [0.717, 1.165) is 17.0 Å². The molecular formula is C21H21N3O3. The largest absolute Gasteiger partial charge is 0.497 e. The molecule has 0 aliphatic rings. The van der Waals surface area contributed by atoms with Gasteiger partial charge in [-0.05, 0) is 43.3 Å². The molecule has 0 N–H and O–H groups in total. The Bertz CT molecular complexity index is 966. The van der Waals surface area contributed by atoms with Crippen molar-refractivity contribution in [2.75, 3.05) is 18.6 Å². The first kappa shape index (κ1) is 18.4. The second-order valence-electron chi connectivity index (χ2n) is 5.94. The van der Waals surface area contributed by atoms with Gasteiger partial charge in [-0.3, -0.25) is 14.2 Å². The molecule has 1 heterocycles. The van der Waals surface area contributed by atoms with Gasteiger partial charge in [0, 0.05) is 23.9 Å². The van der Waals surface area contributed by atoms with Crippen LogP contribution in [0.25, 0.3) is 11.3 Å². The first-order valence-corrected chi connectivity index (χ1v) is 8.68. The van der Waals surface area contributed by atoms with Gasteiger partial charge in [0.05, 0.1) is 19.1 Å². The van der Waals surface area contributed by atoms with Gasteiger partial charge in [0.1, 0.15) is 12.3 Å². The van der Waals surface area contributed by atoms with Crippen LogP contribution in [0.3, 0.4) is 0 Å². The third kappa shape index (κ3) is 4.23. The number of aromatic nitrogens is 2. The molecule has 0 atom stereocenters. The number of ether oxygens (including phenoxy) is 1. The molecule has 0 saturated heterocycles. The molecule has 0 spiro atoms. The second-order valence-corrected chi connectivity index (χ2v) is 5.94. The van der Waals surface area contributed by atoms with Gasteiger partial charge in [-0.2, -0.15) is 0 Å². The number of hydrogen-bond donors (Lipinski definition) is 0. The molecule has 3 rings (SSSR count). The Morgan fingerprint density at radius 1 is 1.11 bits per heavy atom. The van der Waals surface area contributed by atoms with Crippen molar-refractivity contribution in [2.45, 2.75) is 13.5 Å². The van der Waals surface area contributed by atoms with E-state index < -0.39 is 0 Å². The maximum atomic E-state index is 12.6. The summed E-state index contributed by atoms with van der Waals surface area (Å²) in [7, 11) is 1.60. The van der Waals surface area contributed by atoms with Crippen LogP contribution in [-0.4, -0.2) is 29.1 Å². The standard InChI is InChI=1S/C21H21N3O3/c1-3-24(17-7-5-4-6-8-17)21(26)14-23-15-22-19(13-20(23)25)16-9-11-18(27-2)12-10-16/h4-13,15H,3,14H2,1-2H3. The summed E-state index contributed by atoms with van der Waals surface area (Å²) < 4.78 is 6.45. The molecule has 0 aliphatic carbocycles. The van der Waals surface area contributed by atoms with Crippen LogP contribution >= 0.6 is 0 Å². The Hall–Kier alpha value is -3.41. The Labute approximate surface area is 157 Å². The van der Waals surface area contributed by atoms with Crippen molar-refractivity contribution >= 4 is 11.6 Å². The van der Waals surface area contributed by atoms with E-state index in [1.807, 2.05) is 61.5 Å². The van der Waals surface area contributed by atoms with Crippen LogP contribution in [-0.2, 0) is 11.3 Å². The number of methoxy groups -OCH3 is 1. The lowest BCUT2D eigenvalue weighted by Crippen LogP contribution is -2.36. The minimum Gasteiger partial charge on any atom is -0.497 e. The van der Waals surface area contributed by atoms with Gasteiger partial charge in [-0.25, -0.2) is 4.98 Å². The van der Waals surface area contributed by atoms with Gasteiger partial charge in [-0.15, -0.1) is 0 Å². The molecule has 1 amide bonds. The lowest BCUT2D eigenvalue weighted by molar-refractivity contribution is -0.119. The van der Waals surface area contributed by atoms with E-state index in [9.17, 15) is 9.59 Å². The lowest BCUT2D eigenvalue weighted by atomic mass is 10.1. The molecule has 2 aromatic carbocycles. The van der Waals surface area contributed by atoms with Gasteiger partial charge < -0.3 is 9.64 Å². The summed E-state index contributed by atoms with van der Waals surface area (Å²) in [5.74, 6) is 0.572. The van der Waals surface area contributed by atoms with E-state index in [4.69, 9.17) is 4.74 Å². The molecule has 6 nitrogen and oxygen atoms in total. The summed E-state index contributed by atoms with van der Waals surface area (Å²) in [6.45, 7) is 2.37. The van der Waals surface area contributed by atoms with Crippen LogP contribution in [0.4, 0.5) is 5.69 Å². The van der Waals surface area contributed by atoms with E-state index in [-0.39, 0.29) is 18.0 Å². The minimum absolute atomic E-state index is 0.0581. The van der Waals surface area contributed by atoms with Crippen molar-refractivity contribution in [3.8, 4) is 17.0 Å². The minimum atomic E-state index is -0.270. The fourth-order valence-electron chi connectivity index (χ4n) is 2.81. The highest BCUT2D eigenvalue weighted by Gasteiger charge is 2.15. The number of para-hydroxylation sites is 1. The number of carbonyl (C=O) groups is 1. The van der Waals surface area contributed by atoms with Gasteiger partial charge in [0.25, 0.3) is 5.56 Å². The number of anilines is 1. The molecule has 6 heteroatoms. The number of rotatable bonds is 6. The van der Waals surface area contributed by atoms with Crippen molar-refractivity contribution < 1.29 is 9.53 Å². The van der Waals surface area contributed by atoms with Crippen molar-refractivity contribution in [3.05, 3.63) is 77.3 Å². The SMILES string of the molecule is CCN(C(=O)Cn1cnc(-c2ccc(OC)cc2)cc1=O)c1ccccc1. The quantitative estimate of drug-likeness (QED) is 0.675. The van der Waals surface area contributed by atoms with E-state index >= 15 is 0 Å². The monoisotopic (exact) mass is 363 g/mol. The van der Waals surface area contributed by atoms with Crippen LogP contribution in [0.2, 0.25) is 0 Å². The fraction of sp³-hybridized carbons (Fsp3) is 0.190. The Morgan fingerprint density at radius 3 is 2.41 bits per heavy atom. The van der Waals surface area contributed by atoms with Crippen molar-refractivity contribution in [1.82, 2.24) is 9.55 Å². The summed E-state index contributed by atoms with van der Waals surface area (Å²) in [6, 6.07) is 18.1. The van der Waals surface area contributed by atoms with Gasteiger partial charge in [0.15, 0.2) is 0 Å². The highest BCUT2D eigenvalue weighted by Crippen LogP contribution is 2.19. The predicted octanol–water partition coefficient (Wildman–Crippen LogP) is 2.97. The number of nitrogens with zero attached hydrogens (tertiary/aromatic N) is 3. The van der Waals surface area contributed by atoms with E-state index in [1.165, 1.54) is 17.0 Å². The van der Waals surface area contributed by atoms with E-state index in [1.54, 1.807) is 12.0 Å². The second kappa shape index (κ2) is 8.31. The molecule has 0 radical (unpaired) electrons. The molecule has 0 bridgehead atoms. The van der Waals surface area contributed by atoms with Crippen molar-refractivity contribution in [1.29, 1.82) is 0 Å². The Balaban J connectivity index is 1.79. The smallest absolute Gasteiger partial charge is 0.254 e. The maximum Gasteiger partial charge on any atom is 0.254 e. The number of benzene rings is 2. The van der Waals surface area contributed by atoms with Crippen LogP contribution in [0.15, 0.2) is 71.8 Å². The lowest BCUT2D eigenvalue weighted by Gasteiger charge is -2.21. The zero-order valence-corrected chi connectivity index (χ0v) is 15.3. The summed E-state index contributed by atoms with van der Waals surface area (Å²) in [4.78, 5) is 31.1. The highest BCUT2D eigenvalue weighted by atomic mass is 16.5. The molecule has 0 fully saturated rings. The maximum absolute atomic E-state index is 12.6. The fourth-order valence-corrected chi connectivity index (χ4v) is 2.81. The first-order valence-electron chi connectivity index (χ1n) is 8.68. The van der Waals surface area contributed by atoms with Gasteiger partial charge in [-0.1, -0.05) is 18.2 Å². The van der Waals surface area contributed by atoms with Gasteiger partial charge in [0.2, 0.25) is 5.91 Å². The van der Waals surface area contributed by atoms with Crippen LogP contribution < -0.4 is 15.2 Å². The molecular weight excluding hydrogens is 342 g/mol. The average molecular weight is 363 g/mol. The van der Waals surface area contributed by atoms with E-state index in [2.05, 4.69) is 4.98 Å². The Morgan fingerprint density at radius 2 is 1.81 bits per heavy atom. The predicted molar refractivity (Wildman–Crippen MR) is 105 cm³/mol. The van der Waals surface area contributed by atoms with Crippen molar-refractivity contribution in [3.63, 3.8) is 0 Å². The average Bonchev–Trinajstić information content (AvgIpc) is 2.71. The van der Waals surface area contributed by atoms with Crippen LogP contribution in [0, 0.1) is 0 Å². The number of carbonyl (C=O) groups excluding carboxylic acids is 1. The van der Waals surface area contributed by atoms with Crippen LogP contribution in [0.5, 0.6) is 5.75 Å². The third-order valence-corrected chi connectivity index (χ3v) is 4.26. The summed E-state index contributed by atoms with van der Waals surface area (Å²) >= 11 is 0. The molecule has 1 aromatic heterocycles. The molecule has 27 heavy (non-hydrogen) atoms. The first-order chi connectivity index (χ1) is 13.1. The molecule has 0 unspecified atom stereocenters. The zero-order chi connectivity index (χ0) is 19.2. The summed E-state index contributed by atoms with van der Waals surface area (Å²) in [5, 5.41) is 0. The normalized spacial score (nSPS) is 10.4. The highest BCUT2D eigenvalue weighted by molar-refractivity contribution is 5.93. The topological polar surface area (TPSA) is 64.4 Å². The number of amides is 1. The van der Waals surface area contributed by atoms with Gasteiger partial charge >= 0.3 is 0 Å². The zero-order valence-electron chi connectivity index (χ0n) is 15.3. The third-order valence-electron chi connectivity index (χ3n) is 4.26. The van der Waals surface area contributed by atoms with Crippen molar-refractivity contribution in [2.24, 2.45) is 0 Å². The van der Waals surface area contributed by atoms with E-state index in [0.29, 0.717) is 12.2 Å². The number of likely N-dealkylation sites (N-methyl/N-ethyl adjacent to an activating group) is 1. The van der Waals surface area contributed by atoms with Crippen LogP contribution in [0.1, 0.15) is 6.92 Å². The summed E-state index contributed by atoms with van der Waals surface area (Å²) in [6.07, 6.45) is 1.42. The molecule has 138 valence electrons. The Kier molecular flexibility index (Phi) is 5.66. The molecule has 0 saturated carbocycles.